The highest BCUT2D eigenvalue weighted by Crippen LogP contribution is 2.30. The normalized spacial score (nSPS) is 13.8. The van der Waals surface area contributed by atoms with Crippen LogP contribution in [0.2, 0.25) is 0 Å². The second kappa shape index (κ2) is 7.68. The monoisotopic (exact) mass is 341 g/mol. The van der Waals surface area contributed by atoms with Crippen molar-refractivity contribution in [2.45, 2.75) is 39.3 Å². The minimum Gasteiger partial charge on any atom is -0.493 e. The molecule has 0 heterocycles. The van der Waals surface area contributed by atoms with Crippen molar-refractivity contribution in [1.29, 1.82) is 0 Å². The lowest BCUT2D eigenvalue weighted by molar-refractivity contribution is 0.0727. The van der Waals surface area contributed by atoms with E-state index in [1.807, 2.05) is 12.1 Å². The zero-order chi connectivity index (χ0) is 17.8. The number of amides is 1. The number of ether oxygens (including phenoxy) is 1. The number of halogens is 1. The molecule has 0 unspecified atom stereocenters. The van der Waals surface area contributed by atoms with Gasteiger partial charge in [0, 0.05) is 23.7 Å². The van der Waals surface area contributed by atoms with Gasteiger partial charge in [-0.3, -0.25) is 4.79 Å². The topological polar surface area (TPSA) is 29.5 Å². The number of carbonyl (C=O) groups is 1. The predicted molar refractivity (Wildman–Crippen MR) is 96.1 cm³/mol. The summed E-state index contributed by atoms with van der Waals surface area (Å²) in [4.78, 5) is 14.8. The predicted octanol–water partition coefficient (Wildman–Crippen LogP) is 4.67. The Morgan fingerprint density at radius 2 is 1.96 bits per heavy atom. The molecule has 0 aromatic heterocycles. The lowest BCUT2D eigenvalue weighted by Gasteiger charge is -2.23. The van der Waals surface area contributed by atoms with Crippen LogP contribution in [-0.4, -0.2) is 23.5 Å². The molecule has 4 heteroatoms. The number of benzene rings is 2. The number of hydrogen-bond acceptors (Lipinski definition) is 2. The van der Waals surface area contributed by atoms with Gasteiger partial charge in [-0.1, -0.05) is 38.1 Å². The minimum absolute atomic E-state index is 0.0687. The third-order valence-electron chi connectivity index (χ3n) is 4.21. The van der Waals surface area contributed by atoms with Crippen molar-refractivity contribution in [3.63, 3.8) is 0 Å². The lowest BCUT2D eigenvalue weighted by Crippen LogP contribution is -2.33. The van der Waals surface area contributed by atoms with Gasteiger partial charge in [0.05, 0.1) is 6.61 Å². The van der Waals surface area contributed by atoms with Gasteiger partial charge in [-0.15, -0.1) is 0 Å². The average Bonchev–Trinajstić information content (AvgIpc) is 3.44. The van der Waals surface area contributed by atoms with Gasteiger partial charge in [0.25, 0.3) is 5.91 Å². The van der Waals surface area contributed by atoms with Crippen LogP contribution in [0.1, 0.15) is 42.6 Å². The lowest BCUT2D eigenvalue weighted by atomic mass is 10.1. The molecule has 1 fully saturated rings. The molecular formula is C21H24FNO2. The number of rotatable bonds is 7. The molecule has 0 radical (unpaired) electrons. The molecule has 0 bridgehead atoms. The van der Waals surface area contributed by atoms with E-state index in [0.29, 0.717) is 35.9 Å². The third-order valence-corrected chi connectivity index (χ3v) is 4.21. The van der Waals surface area contributed by atoms with Gasteiger partial charge in [-0.05, 0) is 43.0 Å². The molecule has 1 amide bonds. The van der Waals surface area contributed by atoms with E-state index < -0.39 is 0 Å². The van der Waals surface area contributed by atoms with Crippen LogP contribution in [0, 0.1) is 11.7 Å². The molecule has 3 nitrogen and oxygen atoms in total. The molecule has 1 saturated carbocycles. The second-order valence-electron chi connectivity index (χ2n) is 6.99. The summed E-state index contributed by atoms with van der Waals surface area (Å²) in [5, 5.41) is 0. The van der Waals surface area contributed by atoms with E-state index in [0.717, 1.165) is 12.8 Å². The van der Waals surface area contributed by atoms with Crippen molar-refractivity contribution < 1.29 is 13.9 Å². The fraction of sp³-hybridized carbons (Fsp3) is 0.381. The second-order valence-corrected chi connectivity index (χ2v) is 6.99. The minimum atomic E-state index is -0.269. The molecule has 0 atom stereocenters. The van der Waals surface area contributed by atoms with Crippen LogP contribution in [0.25, 0.3) is 0 Å². The highest BCUT2D eigenvalue weighted by atomic mass is 19.1. The van der Waals surface area contributed by atoms with Crippen molar-refractivity contribution >= 4 is 5.91 Å². The van der Waals surface area contributed by atoms with Crippen LogP contribution in [0.3, 0.4) is 0 Å². The highest BCUT2D eigenvalue weighted by molar-refractivity contribution is 5.95. The fourth-order valence-corrected chi connectivity index (χ4v) is 2.71. The van der Waals surface area contributed by atoms with Gasteiger partial charge < -0.3 is 9.64 Å². The first-order valence-corrected chi connectivity index (χ1v) is 8.82. The number of nitrogens with zero attached hydrogens (tertiary/aromatic N) is 1. The Bertz CT molecular complexity index is 740. The quantitative estimate of drug-likeness (QED) is 0.733. The van der Waals surface area contributed by atoms with Gasteiger partial charge in [-0.25, -0.2) is 4.39 Å². The molecule has 3 rings (SSSR count). The Morgan fingerprint density at radius 1 is 1.20 bits per heavy atom. The summed E-state index contributed by atoms with van der Waals surface area (Å²) in [7, 11) is 0. The average molecular weight is 341 g/mol. The summed E-state index contributed by atoms with van der Waals surface area (Å²) in [6.45, 7) is 5.07. The summed E-state index contributed by atoms with van der Waals surface area (Å²) in [5.41, 5.74) is 1.14. The van der Waals surface area contributed by atoms with Gasteiger partial charge in [-0.2, -0.15) is 0 Å². The molecule has 2 aromatic rings. The molecule has 1 aliphatic carbocycles. The molecular weight excluding hydrogens is 317 g/mol. The van der Waals surface area contributed by atoms with Crippen LogP contribution >= 0.6 is 0 Å². The van der Waals surface area contributed by atoms with Crippen LogP contribution in [0.4, 0.5) is 4.39 Å². The van der Waals surface area contributed by atoms with E-state index in [-0.39, 0.29) is 17.8 Å². The molecule has 25 heavy (non-hydrogen) atoms. The molecule has 1 aliphatic rings. The Labute approximate surface area is 148 Å². The Hall–Kier alpha value is -2.36. The van der Waals surface area contributed by atoms with Crippen molar-refractivity contribution in [3.8, 4) is 5.75 Å². The van der Waals surface area contributed by atoms with E-state index in [1.54, 1.807) is 35.2 Å². The molecule has 0 spiro atoms. The highest BCUT2D eigenvalue weighted by Gasteiger charge is 2.33. The van der Waals surface area contributed by atoms with E-state index in [4.69, 9.17) is 4.74 Å². The first-order valence-electron chi connectivity index (χ1n) is 8.82. The standard InChI is InChI=1S/C21H24FNO2/c1-15(2)14-25-19-8-5-7-16(12-19)21(24)23(18-10-11-18)13-17-6-3-4-9-20(17)22/h3-9,12,15,18H,10-11,13-14H2,1-2H3. The van der Waals surface area contributed by atoms with Gasteiger partial charge in [0.15, 0.2) is 0 Å². The maximum absolute atomic E-state index is 14.0. The van der Waals surface area contributed by atoms with Crippen molar-refractivity contribution in [1.82, 2.24) is 4.90 Å². The Balaban J connectivity index is 1.77. The zero-order valence-corrected chi connectivity index (χ0v) is 14.7. The molecule has 132 valence electrons. The van der Waals surface area contributed by atoms with Gasteiger partial charge in [0.2, 0.25) is 0 Å². The number of carbonyl (C=O) groups excluding carboxylic acids is 1. The maximum atomic E-state index is 14.0. The van der Waals surface area contributed by atoms with Gasteiger partial charge in [0.1, 0.15) is 11.6 Å². The van der Waals surface area contributed by atoms with Crippen molar-refractivity contribution in [3.05, 3.63) is 65.5 Å². The SMILES string of the molecule is CC(C)COc1cccc(C(=O)N(Cc2ccccc2F)C2CC2)c1. The van der Waals surface area contributed by atoms with Crippen molar-refractivity contribution in [2.24, 2.45) is 5.92 Å². The summed E-state index contributed by atoms with van der Waals surface area (Å²) in [6.07, 6.45) is 1.95. The first kappa shape index (κ1) is 17.5. The maximum Gasteiger partial charge on any atom is 0.254 e. The van der Waals surface area contributed by atoms with Crippen LogP contribution in [0.15, 0.2) is 48.5 Å². The van der Waals surface area contributed by atoms with E-state index >= 15 is 0 Å². The van der Waals surface area contributed by atoms with E-state index in [1.165, 1.54) is 6.07 Å². The molecule has 0 aliphatic heterocycles. The van der Waals surface area contributed by atoms with E-state index in [2.05, 4.69) is 13.8 Å². The number of hydrogen-bond donors (Lipinski definition) is 0. The Morgan fingerprint density at radius 3 is 2.64 bits per heavy atom. The van der Waals surface area contributed by atoms with Crippen LogP contribution in [0.5, 0.6) is 5.75 Å². The fourth-order valence-electron chi connectivity index (χ4n) is 2.71. The molecule has 0 saturated heterocycles. The van der Waals surface area contributed by atoms with Crippen LogP contribution in [-0.2, 0) is 6.54 Å². The zero-order valence-electron chi connectivity index (χ0n) is 14.7. The third kappa shape index (κ3) is 4.59. The summed E-state index contributed by atoms with van der Waals surface area (Å²) in [6, 6.07) is 14.1. The smallest absolute Gasteiger partial charge is 0.254 e. The van der Waals surface area contributed by atoms with Crippen molar-refractivity contribution in [2.75, 3.05) is 6.61 Å². The summed E-state index contributed by atoms with van der Waals surface area (Å²) < 4.78 is 19.7. The first-order chi connectivity index (χ1) is 12.0. The van der Waals surface area contributed by atoms with Crippen LogP contribution < -0.4 is 4.74 Å². The Kier molecular flexibility index (Phi) is 5.37. The summed E-state index contributed by atoms with van der Waals surface area (Å²) in [5.74, 6) is 0.778. The largest absolute Gasteiger partial charge is 0.493 e. The van der Waals surface area contributed by atoms with Gasteiger partial charge >= 0.3 is 0 Å². The molecule has 0 N–H and O–H groups in total. The summed E-state index contributed by atoms with van der Waals surface area (Å²) >= 11 is 0. The van der Waals surface area contributed by atoms with E-state index in [9.17, 15) is 9.18 Å². The molecule has 2 aromatic carbocycles.